The van der Waals surface area contributed by atoms with Gasteiger partial charge in [-0.15, -0.1) is 0 Å². The molecule has 3 N–H and O–H groups in total. The standard InChI is InChI=1S/C12H16O4/c13-7-11-9(14)6-10(15)12(16-11)8-4-2-1-3-5-8/h1-5,9-15H,6-7H2/t9-,10-,11+,12+/m0/s1. The van der Waals surface area contributed by atoms with E-state index in [1.807, 2.05) is 30.3 Å². The van der Waals surface area contributed by atoms with E-state index in [1.54, 1.807) is 0 Å². The van der Waals surface area contributed by atoms with Gasteiger partial charge in [0.1, 0.15) is 12.2 Å². The molecule has 4 nitrogen and oxygen atoms in total. The van der Waals surface area contributed by atoms with Crippen LogP contribution in [0.25, 0.3) is 0 Å². The lowest BCUT2D eigenvalue weighted by atomic mass is 9.94. The summed E-state index contributed by atoms with van der Waals surface area (Å²) in [4.78, 5) is 0. The fourth-order valence-corrected chi connectivity index (χ4v) is 2.00. The number of rotatable bonds is 2. The molecule has 0 saturated carbocycles. The predicted molar refractivity (Wildman–Crippen MR) is 57.8 cm³/mol. The minimum absolute atomic E-state index is 0.227. The van der Waals surface area contributed by atoms with Gasteiger partial charge in [-0.25, -0.2) is 0 Å². The van der Waals surface area contributed by atoms with Crippen molar-refractivity contribution in [2.24, 2.45) is 0 Å². The van der Waals surface area contributed by atoms with Gasteiger partial charge in [0.2, 0.25) is 0 Å². The fraction of sp³-hybridized carbons (Fsp3) is 0.500. The average molecular weight is 224 g/mol. The number of hydrogen-bond donors (Lipinski definition) is 3. The molecule has 2 rings (SSSR count). The summed E-state index contributed by atoms with van der Waals surface area (Å²) in [5.41, 5.74) is 0.861. The molecule has 0 aliphatic carbocycles. The molecule has 1 heterocycles. The second kappa shape index (κ2) is 4.93. The zero-order valence-corrected chi connectivity index (χ0v) is 8.86. The summed E-state index contributed by atoms with van der Waals surface area (Å²) in [7, 11) is 0. The molecule has 1 aromatic rings. The average Bonchev–Trinajstić information content (AvgIpc) is 2.30. The second-order valence-electron chi connectivity index (χ2n) is 4.06. The highest BCUT2D eigenvalue weighted by Gasteiger charge is 2.36. The van der Waals surface area contributed by atoms with Gasteiger partial charge in [0.05, 0.1) is 18.8 Å². The zero-order valence-electron chi connectivity index (χ0n) is 8.86. The first-order chi connectivity index (χ1) is 7.72. The van der Waals surface area contributed by atoms with Crippen molar-refractivity contribution < 1.29 is 20.1 Å². The van der Waals surface area contributed by atoms with Crippen LogP contribution >= 0.6 is 0 Å². The van der Waals surface area contributed by atoms with Crippen molar-refractivity contribution in [2.45, 2.75) is 30.8 Å². The smallest absolute Gasteiger partial charge is 0.109 e. The molecule has 1 fully saturated rings. The Labute approximate surface area is 94.1 Å². The molecule has 0 unspecified atom stereocenters. The molecule has 4 heteroatoms. The van der Waals surface area contributed by atoms with E-state index in [2.05, 4.69) is 0 Å². The quantitative estimate of drug-likeness (QED) is 0.672. The molecule has 88 valence electrons. The van der Waals surface area contributed by atoms with Gasteiger partial charge in [-0.1, -0.05) is 30.3 Å². The van der Waals surface area contributed by atoms with Gasteiger partial charge in [0.15, 0.2) is 0 Å². The van der Waals surface area contributed by atoms with Gasteiger partial charge >= 0.3 is 0 Å². The zero-order chi connectivity index (χ0) is 11.5. The maximum Gasteiger partial charge on any atom is 0.109 e. The van der Waals surface area contributed by atoms with E-state index in [0.717, 1.165) is 5.56 Å². The van der Waals surface area contributed by atoms with Crippen LogP contribution in [-0.2, 0) is 4.74 Å². The Morgan fingerprint density at radius 1 is 1.12 bits per heavy atom. The maximum atomic E-state index is 9.84. The van der Waals surface area contributed by atoms with E-state index >= 15 is 0 Å². The molecule has 0 aromatic heterocycles. The second-order valence-corrected chi connectivity index (χ2v) is 4.06. The van der Waals surface area contributed by atoms with E-state index in [1.165, 1.54) is 0 Å². The fourth-order valence-electron chi connectivity index (χ4n) is 2.00. The van der Waals surface area contributed by atoms with Crippen molar-refractivity contribution in [1.82, 2.24) is 0 Å². The van der Waals surface area contributed by atoms with Gasteiger partial charge in [-0.05, 0) is 5.56 Å². The van der Waals surface area contributed by atoms with Crippen LogP contribution in [-0.4, -0.2) is 40.2 Å². The van der Waals surface area contributed by atoms with Crippen molar-refractivity contribution in [3.05, 3.63) is 35.9 Å². The van der Waals surface area contributed by atoms with Crippen LogP contribution in [0.1, 0.15) is 18.1 Å². The van der Waals surface area contributed by atoms with E-state index in [9.17, 15) is 10.2 Å². The summed E-state index contributed by atoms with van der Waals surface area (Å²) in [6, 6.07) is 9.34. The lowest BCUT2D eigenvalue weighted by molar-refractivity contribution is -0.181. The van der Waals surface area contributed by atoms with E-state index in [-0.39, 0.29) is 13.0 Å². The Hall–Kier alpha value is -0.940. The van der Waals surface area contributed by atoms with Gasteiger partial charge in [0, 0.05) is 6.42 Å². The molecule has 0 amide bonds. The van der Waals surface area contributed by atoms with Crippen LogP contribution in [0.2, 0.25) is 0 Å². The molecule has 4 atom stereocenters. The molecule has 0 bridgehead atoms. The molecule has 1 aromatic carbocycles. The molecule has 1 aliphatic heterocycles. The molecular formula is C12H16O4. The minimum atomic E-state index is -0.806. The number of aliphatic hydroxyl groups is 3. The molecule has 0 spiro atoms. The molecule has 0 radical (unpaired) electrons. The van der Waals surface area contributed by atoms with Crippen molar-refractivity contribution in [3.63, 3.8) is 0 Å². The molecule has 1 saturated heterocycles. The Morgan fingerprint density at radius 3 is 2.44 bits per heavy atom. The largest absolute Gasteiger partial charge is 0.394 e. The Balaban J connectivity index is 2.15. The number of benzene rings is 1. The van der Waals surface area contributed by atoms with Gasteiger partial charge in [-0.2, -0.15) is 0 Å². The summed E-state index contributed by atoms with van der Waals surface area (Å²) in [5, 5.41) is 28.4. The third-order valence-corrected chi connectivity index (χ3v) is 2.89. The third kappa shape index (κ3) is 2.25. The van der Waals surface area contributed by atoms with Crippen LogP contribution in [0, 0.1) is 0 Å². The predicted octanol–water partition coefficient (Wildman–Crippen LogP) is 0.231. The summed E-state index contributed by atoms with van der Waals surface area (Å²) in [6.45, 7) is -0.239. The minimum Gasteiger partial charge on any atom is -0.394 e. The number of hydrogen-bond acceptors (Lipinski definition) is 4. The Kier molecular flexibility index (Phi) is 3.56. The molecular weight excluding hydrogens is 208 g/mol. The van der Waals surface area contributed by atoms with Crippen molar-refractivity contribution in [2.75, 3.05) is 6.61 Å². The lowest BCUT2D eigenvalue weighted by Gasteiger charge is -2.36. The van der Waals surface area contributed by atoms with E-state index in [4.69, 9.17) is 9.84 Å². The van der Waals surface area contributed by atoms with Crippen LogP contribution in [0.5, 0.6) is 0 Å². The molecule has 1 aliphatic rings. The first kappa shape index (κ1) is 11.5. The highest BCUT2D eigenvalue weighted by Crippen LogP contribution is 2.31. The van der Waals surface area contributed by atoms with Crippen molar-refractivity contribution in [3.8, 4) is 0 Å². The lowest BCUT2D eigenvalue weighted by Crippen LogP contribution is -2.44. The van der Waals surface area contributed by atoms with Crippen molar-refractivity contribution in [1.29, 1.82) is 0 Å². The van der Waals surface area contributed by atoms with Crippen molar-refractivity contribution >= 4 is 0 Å². The summed E-state index contributed by atoms with van der Waals surface area (Å²) < 4.78 is 5.50. The maximum absolute atomic E-state index is 9.84. The van der Waals surface area contributed by atoms with Gasteiger partial charge in [-0.3, -0.25) is 0 Å². The molecule has 16 heavy (non-hydrogen) atoms. The number of ether oxygens (including phenoxy) is 1. The SMILES string of the molecule is OC[C@H]1O[C@H](c2ccccc2)[C@@H](O)C[C@@H]1O. The Morgan fingerprint density at radius 2 is 1.81 bits per heavy atom. The highest BCUT2D eigenvalue weighted by atomic mass is 16.5. The number of aliphatic hydroxyl groups excluding tert-OH is 3. The monoisotopic (exact) mass is 224 g/mol. The summed E-state index contributed by atoms with van der Waals surface area (Å²) >= 11 is 0. The normalized spacial score (nSPS) is 34.9. The summed E-state index contributed by atoms with van der Waals surface area (Å²) in [6.07, 6.45) is -2.40. The Bertz CT molecular complexity index is 327. The van der Waals surface area contributed by atoms with Gasteiger partial charge in [0.25, 0.3) is 0 Å². The topological polar surface area (TPSA) is 69.9 Å². The van der Waals surface area contributed by atoms with Crippen LogP contribution in [0.15, 0.2) is 30.3 Å². The first-order valence-electron chi connectivity index (χ1n) is 5.39. The van der Waals surface area contributed by atoms with Crippen LogP contribution < -0.4 is 0 Å². The van der Waals surface area contributed by atoms with Crippen LogP contribution in [0.3, 0.4) is 0 Å². The highest BCUT2D eigenvalue weighted by molar-refractivity contribution is 5.19. The van der Waals surface area contributed by atoms with E-state index < -0.39 is 24.4 Å². The third-order valence-electron chi connectivity index (χ3n) is 2.89. The first-order valence-corrected chi connectivity index (χ1v) is 5.39. The summed E-state index contributed by atoms with van der Waals surface area (Å²) in [5.74, 6) is 0. The van der Waals surface area contributed by atoms with Crippen LogP contribution in [0.4, 0.5) is 0 Å². The van der Waals surface area contributed by atoms with E-state index in [0.29, 0.717) is 0 Å². The van der Waals surface area contributed by atoms with Gasteiger partial charge < -0.3 is 20.1 Å².